The van der Waals surface area contributed by atoms with Crippen LogP contribution in [0.25, 0.3) is 39.0 Å². The summed E-state index contributed by atoms with van der Waals surface area (Å²) in [5.41, 5.74) is 10.3. The number of benzene rings is 6. The summed E-state index contributed by atoms with van der Waals surface area (Å²) >= 11 is 0. The molecule has 326 valence electrons. The third-order valence-corrected chi connectivity index (χ3v) is 12.7. The summed E-state index contributed by atoms with van der Waals surface area (Å²) in [4.78, 5) is 5.01. The Morgan fingerprint density at radius 2 is 1.17 bits per heavy atom. The van der Waals surface area contributed by atoms with Crippen LogP contribution in [-0.2, 0) is 42.7 Å². The Kier molecular flexibility index (Phi) is 11.7. The summed E-state index contributed by atoms with van der Waals surface area (Å²) in [7, 11) is 0. The number of imidazole rings is 1. The molecule has 5 nitrogen and oxygen atoms in total. The van der Waals surface area contributed by atoms with Gasteiger partial charge in [-0.25, -0.2) is 4.98 Å². The van der Waals surface area contributed by atoms with E-state index < -0.39 is 0 Å². The van der Waals surface area contributed by atoms with Crippen LogP contribution in [0.5, 0.6) is 11.5 Å². The van der Waals surface area contributed by atoms with Gasteiger partial charge in [0.2, 0.25) is 0 Å². The van der Waals surface area contributed by atoms with Gasteiger partial charge in [-0.15, -0.1) is 29.8 Å². The number of hydrogen-bond acceptors (Lipinski definition) is 2. The predicted octanol–water partition coefficient (Wildman–Crippen LogP) is 13.7. The number of ether oxygens (including phenoxy) is 1. The molecule has 0 saturated heterocycles. The van der Waals surface area contributed by atoms with Gasteiger partial charge < -0.3 is 13.9 Å². The van der Waals surface area contributed by atoms with Crippen LogP contribution in [0.4, 0.5) is 0 Å². The molecule has 0 fully saturated rings. The van der Waals surface area contributed by atoms with Crippen LogP contribution in [-0.4, -0.2) is 14.1 Å². The first kappa shape index (κ1) is 44.6. The molecule has 64 heavy (non-hydrogen) atoms. The van der Waals surface area contributed by atoms with E-state index in [1.54, 1.807) is 0 Å². The molecule has 0 atom stereocenters. The van der Waals surface area contributed by atoms with Gasteiger partial charge >= 0.3 is 0 Å². The van der Waals surface area contributed by atoms with Gasteiger partial charge in [-0.3, -0.25) is 4.57 Å². The van der Waals surface area contributed by atoms with E-state index in [2.05, 4.69) is 241 Å². The number of pyridine rings is 1. The van der Waals surface area contributed by atoms with Gasteiger partial charge in [0.15, 0.2) is 0 Å². The van der Waals surface area contributed by atoms with E-state index in [4.69, 9.17) is 9.72 Å². The zero-order chi connectivity index (χ0) is 44.3. The largest absolute Gasteiger partial charge is 0.510 e. The zero-order valence-corrected chi connectivity index (χ0v) is 40.8. The van der Waals surface area contributed by atoms with Gasteiger partial charge in [0.25, 0.3) is 6.33 Å². The fourth-order valence-corrected chi connectivity index (χ4v) is 8.85. The number of hydrogen-bond donors (Lipinski definition) is 0. The average Bonchev–Trinajstić information content (AvgIpc) is 3.88. The summed E-state index contributed by atoms with van der Waals surface area (Å²) in [6.07, 6.45) is 7.80. The zero-order valence-electron chi connectivity index (χ0n) is 38.5. The first-order chi connectivity index (χ1) is 30.0. The number of aromatic nitrogens is 4. The topological polar surface area (TPSA) is 35.9 Å². The monoisotopic (exact) mass is 1020 g/mol. The van der Waals surface area contributed by atoms with Crippen molar-refractivity contribution >= 4 is 21.8 Å². The van der Waals surface area contributed by atoms with E-state index in [1.165, 1.54) is 27.8 Å². The quantitative estimate of drug-likeness (QED) is 0.107. The van der Waals surface area contributed by atoms with Gasteiger partial charge in [0, 0.05) is 61.3 Å². The third-order valence-electron chi connectivity index (χ3n) is 12.7. The van der Waals surface area contributed by atoms with Crippen molar-refractivity contribution in [2.75, 3.05) is 0 Å². The van der Waals surface area contributed by atoms with Crippen molar-refractivity contribution < 1.29 is 30.4 Å². The number of para-hydroxylation sites is 1. The van der Waals surface area contributed by atoms with Crippen molar-refractivity contribution in [3.05, 3.63) is 210 Å². The molecule has 9 rings (SSSR count). The molecule has 0 spiro atoms. The molecular weight excluding hydrogens is 964 g/mol. The molecule has 0 aliphatic carbocycles. The molecule has 0 aliphatic heterocycles. The fourth-order valence-electron chi connectivity index (χ4n) is 8.85. The second-order valence-corrected chi connectivity index (χ2v) is 19.9. The van der Waals surface area contributed by atoms with Gasteiger partial charge in [-0.1, -0.05) is 171 Å². The Morgan fingerprint density at radius 1 is 0.562 bits per heavy atom. The molecule has 9 aromatic rings. The molecular formula is C58H56N4OPt-2. The minimum absolute atomic E-state index is 0. The van der Waals surface area contributed by atoms with Gasteiger partial charge in [0.1, 0.15) is 5.82 Å². The summed E-state index contributed by atoms with van der Waals surface area (Å²) in [6.45, 7) is 22.6. The molecule has 0 amide bonds. The van der Waals surface area contributed by atoms with Crippen LogP contribution in [0.3, 0.4) is 0 Å². The molecule has 6 aromatic carbocycles. The van der Waals surface area contributed by atoms with Crippen molar-refractivity contribution in [1.82, 2.24) is 14.1 Å². The van der Waals surface area contributed by atoms with Gasteiger partial charge in [0.05, 0.1) is 11.4 Å². The van der Waals surface area contributed by atoms with Crippen molar-refractivity contribution in [2.24, 2.45) is 0 Å². The smallest absolute Gasteiger partial charge is 0.267 e. The van der Waals surface area contributed by atoms with E-state index in [1.807, 2.05) is 18.3 Å². The van der Waals surface area contributed by atoms with E-state index in [0.29, 0.717) is 11.5 Å². The number of rotatable bonds is 9. The van der Waals surface area contributed by atoms with Gasteiger partial charge in [-0.2, -0.15) is 12.1 Å². The van der Waals surface area contributed by atoms with Crippen LogP contribution in [0.15, 0.2) is 158 Å². The summed E-state index contributed by atoms with van der Waals surface area (Å²) in [5.74, 6) is 2.05. The number of fused-ring (bicyclic) bond motifs is 3. The summed E-state index contributed by atoms with van der Waals surface area (Å²) in [6, 6.07) is 58.7. The van der Waals surface area contributed by atoms with Crippen LogP contribution in [0.1, 0.15) is 103 Å². The van der Waals surface area contributed by atoms with Crippen molar-refractivity contribution in [1.29, 1.82) is 0 Å². The second-order valence-electron chi connectivity index (χ2n) is 19.9. The first-order valence-electron chi connectivity index (χ1n) is 22.0. The molecule has 3 heterocycles. The van der Waals surface area contributed by atoms with E-state index in [9.17, 15) is 0 Å². The Hall–Kier alpha value is -6.03. The molecule has 0 N–H and O–H groups in total. The summed E-state index contributed by atoms with van der Waals surface area (Å²) in [5, 5.41) is 2.30. The normalized spacial score (nSPS) is 12.4. The molecule has 0 radical (unpaired) electrons. The maximum Gasteiger partial charge on any atom is 0.267 e. The fraction of sp³-hybridized carbons (Fsp3) is 0.241. The van der Waals surface area contributed by atoms with Gasteiger partial charge in [-0.05, 0) is 74.5 Å². The van der Waals surface area contributed by atoms with Crippen molar-refractivity contribution in [3.8, 4) is 28.7 Å². The first-order valence-corrected chi connectivity index (χ1v) is 22.0. The molecule has 0 aliphatic rings. The van der Waals surface area contributed by atoms with Crippen molar-refractivity contribution in [3.63, 3.8) is 0 Å². The van der Waals surface area contributed by atoms with Crippen molar-refractivity contribution in [2.45, 2.75) is 90.9 Å². The maximum absolute atomic E-state index is 6.84. The Morgan fingerprint density at radius 3 is 1.83 bits per heavy atom. The molecule has 0 saturated carbocycles. The minimum atomic E-state index is -0.236. The molecule has 3 aromatic heterocycles. The molecule has 0 bridgehead atoms. The van der Waals surface area contributed by atoms with E-state index in [0.717, 1.165) is 44.7 Å². The maximum atomic E-state index is 6.84. The second kappa shape index (κ2) is 16.8. The van der Waals surface area contributed by atoms with Crippen LogP contribution in [0, 0.1) is 18.5 Å². The minimum Gasteiger partial charge on any atom is -0.510 e. The van der Waals surface area contributed by atoms with E-state index in [-0.39, 0.29) is 42.7 Å². The summed E-state index contributed by atoms with van der Waals surface area (Å²) < 4.78 is 13.3. The Balaban J connectivity index is 0.00000560. The van der Waals surface area contributed by atoms with E-state index >= 15 is 0 Å². The van der Waals surface area contributed by atoms with Crippen LogP contribution in [0.2, 0.25) is 0 Å². The average molecular weight is 1020 g/mol. The molecule has 0 unspecified atom stereocenters. The third kappa shape index (κ3) is 8.27. The SMILES string of the molecule is CC(C)(C)c1cc(Oc2[c-]c(-n3[c-][n+](-c4cccc(C(C)(C)c5ccccc5)c4)cc3C(C)(C)C)ccc2)[c-]c2c1c1ccccc1n2-c1cc(C(C)(C)c2ccccc2)ccn1.[Pt]. The van der Waals surface area contributed by atoms with Crippen LogP contribution >= 0.6 is 0 Å². The Bertz CT molecular complexity index is 3110. The standard InChI is InChI=1S/C58H56N4O.Pt/c1-55(2,3)49-36-47(37-51-54(49)48-29-17-18-30-50(48)62(51)53-34-43(31-32-59-53)58(9,10)41-23-15-12-16-24-41)63-46-28-20-27-45(35-46)61-39-60(38-52(61)56(4,5)6)44-26-19-25-42(33-44)57(7,8)40-21-13-11-14-22-40;/h11-34,36,38H,1-10H3;/q-2;. The predicted molar refractivity (Wildman–Crippen MR) is 257 cm³/mol. The van der Waals surface area contributed by atoms with Crippen LogP contribution < -0.4 is 9.30 Å². The Labute approximate surface area is 393 Å². The molecule has 6 heteroatoms. The number of nitrogens with zero attached hydrogens (tertiary/aromatic N) is 4.